The van der Waals surface area contributed by atoms with Crippen LogP contribution in [0.2, 0.25) is 0 Å². The van der Waals surface area contributed by atoms with Gasteiger partial charge in [0.05, 0.1) is 5.69 Å². The quantitative estimate of drug-likeness (QED) is 0.216. The number of anilines is 3. The fourth-order valence-corrected chi connectivity index (χ4v) is 6.79. The minimum Gasteiger partial charge on any atom is -0.456 e. The zero-order valence-corrected chi connectivity index (χ0v) is 23.8. The lowest BCUT2D eigenvalue weighted by atomic mass is 9.82. The summed E-state index contributed by atoms with van der Waals surface area (Å²) in [7, 11) is 0. The second-order valence-electron chi connectivity index (χ2n) is 11.8. The van der Waals surface area contributed by atoms with Gasteiger partial charge in [0.2, 0.25) is 0 Å². The predicted molar refractivity (Wildman–Crippen MR) is 173 cm³/mol. The molecule has 0 spiro atoms. The highest BCUT2D eigenvalue weighted by Gasteiger charge is 2.36. The lowest BCUT2D eigenvalue weighted by Gasteiger charge is -2.29. The van der Waals surface area contributed by atoms with Crippen molar-refractivity contribution >= 4 is 39.0 Å². The van der Waals surface area contributed by atoms with Crippen molar-refractivity contribution < 1.29 is 13.9 Å². The van der Waals surface area contributed by atoms with Gasteiger partial charge in [0.25, 0.3) is 0 Å². The van der Waals surface area contributed by atoms with E-state index in [4.69, 9.17) is 13.9 Å². The summed E-state index contributed by atoms with van der Waals surface area (Å²) in [4.78, 5) is 2.27. The molecule has 4 heteroatoms. The molecule has 0 radical (unpaired) electrons. The van der Waals surface area contributed by atoms with Gasteiger partial charge in [0, 0.05) is 39.7 Å². The number of para-hydroxylation sites is 3. The van der Waals surface area contributed by atoms with Gasteiger partial charge in [-0.3, -0.25) is 0 Å². The molecule has 2 aliphatic rings. The van der Waals surface area contributed by atoms with Crippen molar-refractivity contribution in [2.45, 2.75) is 19.3 Å². The van der Waals surface area contributed by atoms with Crippen molar-refractivity contribution in [1.29, 1.82) is 0 Å². The topological polar surface area (TPSA) is 34.8 Å². The van der Waals surface area contributed by atoms with Crippen molar-refractivity contribution in [1.82, 2.24) is 0 Å². The fourth-order valence-electron chi connectivity index (χ4n) is 6.79. The molecule has 1 aromatic heterocycles. The molecule has 43 heavy (non-hydrogen) atoms. The van der Waals surface area contributed by atoms with Crippen LogP contribution in [0.5, 0.6) is 23.0 Å². The number of rotatable bonds is 3. The molecular weight excluding hydrogens is 530 g/mol. The zero-order chi connectivity index (χ0) is 28.7. The monoisotopic (exact) mass is 557 g/mol. The minimum atomic E-state index is -0.118. The summed E-state index contributed by atoms with van der Waals surface area (Å²) in [6, 6.07) is 44.1. The highest BCUT2D eigenvalue weighted by Crippen LogP contribution is 2.52. The van der Waals surface area contributed by atoms with Gasteiger partial charge in [-0.05, 0) is 76.9 Å². The molecule has 0 amide bonds. The zero-order valence-electron chi connectivity index (χ0n) is 23.8. The van der Waals surface area contributed by atoms with E-state index in [0.29, 0.717) is 17.2 Å². The number of hydrogen-bond donors (Lipinski definition) is 0. The smallest absolute Gasteiger partial charge is 0.172 e. The lowest BCUT2D eigenvalue weighted by molar-refractivity contribution is 0.360. The number of fused-ring (bicyclic) bond motifs is 8. The largest absolute Gasteiger partial charge is 0.456 e. The van der Waals surface area contributed by atoms with Crippen LogP contribution in [0.1, 0.15) is 25.0 Å². The molecule has 1 aliphatic carbocycles. The van der Waals surface area contributed by atoms with E-state index in [2.05, 4.69) is 104 Å². The Hall–Kier alpha value is -5.48. The molecule has 0 saturated carbocycles. The molecule has 0 fully saturated rings. The Morgan fingerprint density at radius 2 is 1.07 bits per heavy atom. The Balaban J connectivity index is 1.23. The maximum Gasteiger partial charge on any atom is 0.172 e. The van der Waals surface area contributed by atoms with Crippen molar-refractivity contribution in [2.75, 3.05) is 4.90 Å². The van der Waals surface area contributed by atoms with E-state index in [1.807, 2.05) is 42.5 Å². The van der Waals surface area contributed by atoms with Gasteiger partial charge in [0.1, 0.15) is 11.2 Å². The van der Waals surface area contributed by atoms with Crippen LogP contribution in [-0.4, -0.2) is 0 Å². The molecule has 1 aliphatic heterocycles. The second kappa shape index (κ2) is 8.76. The van der Waals surface area contributed by atoms with Gasteiger partial charge < -0.3 is 18.8 Å². The van der Waals surface area contributed by atoms with Crippen LogP contribution in [0.15, 0.2) is 132 Å². The standard InChI is InChI=1S/C39H27NO3/c1-39(2)31-11-5-3-9-27(31)28-18-15-24(21-32(28)39)40(25-16-19-30-29-10-4-6-12-33(29)41-37(30)22-25)26-17-20-36-38(23-26)43-35-14-8-7-13-34(35)42-36/h3-23H,1-2H3. The molecule has 0 N–H and O–H groups in total. The summed E-state index contributed by atoms with van der Waals surface area (Å²) in [6.07, 6.45) is 0. The summed E-state index contributed by atoms with van der Waals surface area (Å²) in [5.74, 6) is 2.80. The van der Waals surface area contributed by atoms with E-state index in [1.165, 1.54) is 22.3 Å². The summed E-state index contributed by atoms with van der Waals surface area (Å²) < 4.78 is 18.8. The van der Waals surface area contributed by atoms with Crippen LogP contribution in [0.4, 0.5) is 17.1 Å². The highest BCUT2D eigenvalue weighted by molar-refractivity contribution is 6.06. The molecule has 0 bridgehead atoms. The van der Waals surface area contributed by atoms with Crippen LogP contribution in [0, 0.1) is 0 Å². The molecule has 0 unspecified atom stereocenters. The maximum atomic E-state index is 6.33. The Kier molecular flexibility index (Phi) is 4.92. The molecule has 9 rings (SSSR count). The third-order valence-corrected chi connectivity index (χ3v) is 8.92. The first-order valence-electron chi connectivity index (χ1n) is 14.6. The maximum absolute atomic E-state index is 6.33. The third-order valence-electron chi connectivity index (χ3n) is 8.92. The molecule has 0 atom stereocenters. The van der Waals surface area contributed by atoms with E-state index in [0.717, 1.165) is 44.8 Å². The molecule has 2 heterocycles. The van der Waals surface area contributed by atoms with Crippen molar-refractivity contribution in [3.63, 3.8) is 0 Å². The van der Waals surface area contributed by atoms with Crippen LogP contribution >= 0.6 is 0 Å². The van der Waals surface area contributed by atoms with E-state index in [9.17, 15) is 0 Å². The Labute approximate surface area is 249 Å². The van der Waals surface area contributed by atoms with E-state index in [1.54, 1.807) is 0 Å². The van der Waals surface area contributed by atoms with Crippen LogP contribution in [0.3, 0.4) is 0 Å². The van der Waals surface area contributed by atoms with Gasteiger partial charge >= 0.3 is 0 Å². The summed E-state index contributed by atoms with van der Waals surface area (Å²) in [6.45, 7) is 4.63. The molecular formula is C39H27NO3. The Morgan fingerprint density at radius 3 is 1.95 bits per heavy atom. The van der Waals surface area contributed by atoms with Crippen LogP contribution < -0.4 is 14.4 Å². The molecule has 6 aromatic carbocycles. The average molecular weight is 558 g/mol. The number of hydrogen-bond acceptors (Lipinski definition) is 4. The second-order valence-corrected chi connectivity index (χ2v) is 11.8. The Morgan fingerprint density at radius 1 is 0.465 bits per heavy atom. The van der Waals surface area contributed by atoms with Crippen molar-refractivity contribution in [3.8, 4) is 34.1 Å². The van der Waals surface area contributed by atoms with Gasteiger partial charge in [-0.25, -0.2) is 0 Å². The highest BCUT2D eigenvalue weighted by atomic mass is 16.6. The minimum absolute atomic E-state index is 0.118. The van der Waals surface area contributed by atoms with E-state index < -0.39 is 0 Å². The normalized spacial score (nSPS) is 13.9. The van der Waals surface area contributed by atoms with Crippen LogP contribution in [-0.2, 0) is 5.41 Å². The lowest BCUT2D eigenvalue weighted by Crippen LogP contribution is -2.16. The van der Waals surface area contributed by atoms with Gasteiger partial charge in [-0.2, -0.15) is 0 Å². The van der Waals surface area contributed by atoms with Gasteiger partial charge in [-0.15, -0.1) is 0 Å². The summed E-state index contributed by atoms with van der Waals surface area (Å²) in [5, 5.41) is 2.22. The fraction of sp³-hybridized carbons (Fsp3) is 0.0769. The number of ether oxygens (including phenoxy) is 2. The third kappa shape index (κ3) is 3.56. The first kappa shape index (κ1) is 24.2. The van der Waals surface area contributed by atoms with Gasteiger partial charge in [0.15, 0.2) is 23.0 Å². The summed E-state index contributed by atoms with van der Waals surface area (Å²) in [5.41, 5.74) is 9.91. The predicted octanol–water partition coefficient (Wildman–Crippen LogP) is 11.3. The van der Waals surface area contributed by atoms with Crippen molar-refractivity contribution in [2.24, 2.45) is 0 Å². The molecule has 0 saturated heterocycles. The number of nitrogens with zero attached hydrogens (tertiary/aromatic N) is 1. The molecule has 206 valence electrons. The van der Waals surface area contributed by atoms with Crippen molar-refractivity contribution in [3.05, 3.63) is 139 Å². The summed E-state index contributed by atoms with van der Waals surface area (Å²) >= 11 is 0. The van der Waals surface area contributed by atoms with Crippen LogP contribution in [0.25, 0.3) is 33.1 Å². The Bertz CT molecular complexity index is 2240. The van der Waals surface area contributed by atoms with E-state index >= 15 is 0 Å². The molecule has 4 nitrogen and oxygen atoms in total. The molecule has 7 aromatic rings. The first-order chi connectivity index (χ1) is 21.0. The number of benzene rings is 6. The number of furan rings is 1. The average Bonchev–Trinajstić information content (AvgIpc) is 3.52. The van der Waals surface area contributed by atoms with Gasteiger partial charge in [-0.1, -0.05) is 74.5 Å². The first-order valence-corrected chi connectivity index (χ1v) is 14.6. The SMILES string of the molecule is CC1(C)c2ccccc2-c2ccc(N(c3ccc4c(c3)Oc3ccccc3O4)c3ccc4c(c3)oc3ccccc34)cc21. The van der Waals surface area contributed by atoms with E-state index in [-0.39, 0.29) is 5.41 Å².